The molecule has 41 heavy (non-hydrogen) atoms. The average molecular weight is 561 g/mol. The standard InChI is InChI=1S/C32H27BClFN6/c1-2-28(20-6-4-3-5-7-20)39-30-21(16-36)17-37-31-26(30)14-24(15-27(31)34)40-32(33,22-8-10-23(35)11-9-22)29-18-41(19-38-29)25-12-13-25/h3-11,14-15,17-19,25,28,40H,2,12-13H2,1H3,(H,37,39)/t28-,32?/m1/s1. The molecule has 1 fully saturated rings. The Kier molecular flexibility index (Phi) is 7.14. The van der Waals surface area contributed by atoms with Crippen molar-refractivity contribution in [2.24, 2.45) is 0 Å². The predicted octanol–water partition coefficient (Wildman–Crippen LogP) is 7.48. The van der Waals surface area contributed by atoms with Gasteiger partial charge >= 0.3 is 0 Å². The molecule has 0 amide bonds. The van der Waals surface area contributed by atoms with Crippen LogP contribution in [-0.2, 0) is 5.44 Å². The molecule has 0 bridgehead atoms. The van der Waals surface area contributed by atoms with E-state index in [1.165, 1.54) is 18.3 Å². The molecule has 3 aromatic carbocycles. The first-order valence-electron chi connectivity index (χ1n) is 13.6. The van der Waals surface area contributed by atoms with Gasteiger partial charge < -0.3 is 15.2 Å². The molecule has 2 N–H and O–H groups in total. The summed E-state index contributed by atoms with van der Waals surface area (Å²) in [5.74, 6) is -0.358. The summed E-state index contributed by atoms with van der Waals surface area (Å²) in [4.78, 5) is 9.14. The molecule has 2 heterocycles. The van der Waals surface area contributed by atoms with Gasteiger partial charge in [-0.1, -0.05) is 61.0 Å². The van der Waals surface area contributed by atoms with Crippen LogP contribution in [0.25, 0.3) is 10.9 Å². The van der Waals surface area contributed by atoms with Crippen molar-refractivity contribution in [2.75, 3.05) is 10.6 Å². The van der Waals surface area contributed by atoms with Gasteiger partial charge in [0.2, 0.25) is 0 Å². The Hall–Kier alpha value is -4.35. The number of nitrogens with zero attached hydrogens (tertiary/aromatic N) is 4. The van der Waals surface area contributed by atoms with Crippen molar-refractivity contribution in [1.29, 1.82) is 5.26 Å². The van der Waals surface area contributed by atoms with Gasteiger partial charge in [0.1, 0.15) is 19.7 Å². The molecular weight excluding hydrogens is 534 g/mol. The lowest BCUT2D eigenvalue weighted by atomic mass is 9.69. The van der Waals surface area contributed by atoms with Gasteiger partial charge in [-0.05, 0) is 54.7 Å². The van der Waals surface area contributed by atoms with Crippen molar-refractivity contribution >= 4 is 41.7 Å². The zero-order valence-corrected chi connectivity index (χ0v) is 23.2. The van der Waals surface area contributed by atoms with Crippen LogP contribution < -0.4 is 10.6 Å². The van der Waals surface area contributed by atoms with Gasteiger partial charge in [-0.3, -0.25) is 4.98 Å². The minimum Gasteiger partial charge on any atom is -0.378 e. The second-order valence-corrected chi connectivity index (χ2v) is 10.8. The molecule has 5 aromatic rings. The van der Waals surface area contributed by atoms with E-state index in [0.29, 0.717) is 50.2 Å². The lowest BCUT2D eigenvalue weighted by Crippen LogP contribution is -2.37. The molecule has 6 rings (SSSR count). The number of pyridine rings is 1. The number of benzene rings is 3. The van der Waals surface area contributed by atoms with E-state index in [2.05, 4.69) is 50.3 Å². The maximum absolute atomic E-state index is 13.9. The van der Waals surface area contributed by atoms with Crippen LogP contribution in [0.15, 0.2) is 85.5 Å². The molecule has 1 aliphatic rings. The molecule has 0 aliphatic heterocycles. The van der Waals surface area contributed by atoms with Crippen LogP contribution in [0.1, 0.15) is 60.7 Å². The largest absolute Gasteiger partial charge is 0.378 e. The van der Waals surface area contributed by atoms with Gasteiger partial charge in [0.25, 0.3) is 0 Å². The second-order valence-electron chi connectivity index (χ2n) is 10.4. The molecule has 0 saturated heterocycles. The third-order valence-corrected chi connectivity index (χ3v) is 7.88. The van der Waals surface area contributed by atoms with E-state index in [9.17, 15) is 9.65 Å². The van der Waals surface area contributed by atoms with Gasteiger partial charge in [0.15, 0.2) is 0 Å². The Morgan fingerprint density at radius 2 is 1.90 bits per heavy atom. The van der Waals surface area contributed by atoms with Gasteiger partial charge in [0.05, 0.1) is 45.3 Å². The summed E-state index contributed by atoms with van der Waals surface area (Å²) in [6.07, 6.45) is 8.26. The van der Waals surface area contributed by atoms with E-state index >= 15 is 0 Å². The summed E-state index contributed by atoms with van der Waals surface area (Å²) >= 11 is 6.79. The maximum Gasteiger partial charge on any atom is 0.123 e. The number of rotatable bonds is 9. The topological polar surface area (TPSA) is 78.6 Å². The highest BCUT2D eigenvalue weighted by Gasteiger charge is 2.33. The molecule has 2 aromatic heterocycles. The molecule has 1 aliphatic carbocycles. The zero-order valence-electron chi connectivity index (χ0n) is 22.5. The number of nitriles is 1. The van der Waals surface area contributed by atoms with Crippen LogP contribution in [0.4, 0.5) is 15.8 Å². The smallest absolute Gasteiger partial charge is 0.123 e. The summed E-state index contributed by atoms with van der Waals surface area (Å²) in [6.45, 7) is 2.09. The minimum absolute atomic E-state index is 0.0384. The number of imidazole rings is 1. The van der Waals surface area contributed by atoms with Crippen LogP contribution >= 0.6 is 11.6 Å². The lowest BCUT2D eigenvalue weighted by Gasteiger charge is -2.32. The summed E-state index contributed by atoms with van der Waals surface area (Å²) < 4.78 is 15.9. The fourth-order valence-corrected chi connectivity index (χ4v) is 5.46. The first-order chi connectivity index (χ1) is 19.9. The number of nitrogens with one attached hydrogen (secondary N) is 2. The Morgan fingerprint density at radius 1 is 1.15 bits per heavy atom. The first-order valence-corrected chi connectivity index (χ1v) is 14.0. The summed E-state index contributed by atoms with van der Waals surface area (Å²) in [5, 5.41) is 18.1. The maximum atomic E-state index is 13.9. The van der Waals surface area contributed by atoms with Crippen LogP contribution in [0, 0.1) is 17.1 Å². The molecule has 2 atom stereocenters. The van der Waals surface area contributed by atoms with E-state index < -0.39 is 5.44 Å². The van der Waals surface area contributed by atoms with Crippen molar-refractivity contribution in [2.45, 2.75) is 43.7 Å². The van der Waals surface area contributed by atoms with E-state index in [1.807, 2.05) is 30.5 Å². The monoisotopic (exact) mass is 560 g/mol. The fraction of sp³-hybridized carbons (Fsp3) is 0.219. The number of halogens is 2. The number of aromatic nitrogens is 3. The molecular formula is C32H27BClFN6. The number of fused-ring (bicyclic) bond motifs is 1. The first kappa shape index (κ1) is 26.9. The molecule has 2 radical (unpaired) electrons. The van der Waals surface area contributed by atoms with E-state index in [-0.39, 0.29) is 11.9 Å². The Morgan fingerprint density at radius 3 is 2.59 bits per heavy atom. The van der Waals surface area contributed by atoms with Crippen molar-refractivity contribution < 1.29 is 4.39 Å². The summed E-state index contributed by atoms with van der Waals surface area (Å²) in [5.41, 5.74) is 3.23. The molecule has 9 heteroatoms. The van der Waals surface area contributed by atoms with Gasteiger partial charge in [0, 0.05) is 29.5 Å². The van der Waals surface area contributed by atoms with Crippen molar-refractivity contribution in [1.82, 2.24) is 14.5 Å². The lowest BCUT2D eigenvalue weighted by molar-refractivity contribution is 0.625. The molecule has 1 saturated carbocycles. The molecule has 6 nitrogen and oxygen atoms in total. The third kappa shape index (κ3) is 5.26. The Balaban J connectivity index is 1.46. The Bertz CT molecular complexity index is 1750. The summed E-state index contributed by atoms with van der Waals surface area (Å²) in [6, 6.07) is 22.4. The van der Waals surface area contributed by atoms with Crippen LogP contribution in [0.3, 0.4) is 0 Å². The highest BCUT2D eigenvalue weighted by Crippen LogP contribution is 2.40. The van der Waals surface area contributed by atoms with Crippen molar-refractivity contribution in [3.63, 3.8) is 0 Å². The van der Waals surface area contributed by atoms with Crippen molar-refractivity contribution in [3.8, 4) is 6.07 Å². The number of anilines is 2. The Labute approximate surface area is 244 Å². The fourth-order valence-electron chi connectivity index (χ4n) is 5.19. The van der Waals surface area contributed by atoms with Crippen LogP contribution in [0.2, 0.25) is 5.02 Å². The summed E-state index contributed by atoms with van der Waals surface area (Å²) in [7, 11) is 7.09. The van der Waals surface area contributed by atoms with E-state index in [4.69, 9.17) is 19.4 Å². The van der Waals surface area contributed by atoms with Crippen LogP contribution in [0.5, 0.6) is 0 Å². The van der Waals surface area contributed by atoms with E-state index in [1.54, 1.807) is 24.5 Å². The number of hydrogen-bond acceptors (Lipinski definition) is 5. The van der Waals surface area contributed by atoms with E-state index in [0.717, 1.165) is 24.8 Å². The predicted molar refractivity (Wildman–Crippen MR) is 162 cm³/mol. The van der Waals surface area contributed by atoms with Crippen LogP contribution in [-0.4, -0.2) is 22.4 Å². The molecule has 0 spiro atoms. The van der Waals surface area contributed by atoms with Gasteiger partial charge in [-0.2, -0.15) is 5.26 Å². The second kappa shape index (κ2) is 10.9. The van der Waals surface area contributed by atoms with Gasteiger partial charge in [-0.25, -0.2) is 9.37 Å². The number of hydrogen-bond donors (Lipinski definition) is 2. The van der Waals surface area contributed by atoms with Crippen molar-refractivity contribution in [3.05, 3.63) is 119 Å². The quantitative estimate of drug-likeness (QED) is 0.183. The highest BCUT2D eigenvalue weighted by atomic mass is 35.5. The zero-order chi connectivity index (χ0) is 28.6. The third-order valence-electron chi connectivity index (χ3n) is 7.59. The normalized spacial score (nSPS) is 15.2. The highest BCUT2D eigenvalue weighted by molar-refractivity contribution is 6.36. The molecule has 202 valence electrons. The van der Waals surface area contributed by atoms with Gasteiger partial charge in [-0.15, -0.1) is 0 Å². The minimum atomic E-state index is -1.30. The molecule has 1 unspecified atom stereocenters. The average Bonchev–Trinajstić information content (AvgIpc) is 3.72. The SMILES string of the molecule is [B]C(Nc1cc(Cl)c2ncc(C#N)c(N[C@H](CC)c3ccccc3)c2c1)(c1ccc(F)cc1)c1cn(C2CC2)cn1.